The van der Waals surface area contributed by atoms with Crippen molar-refractivity contribution >= 4 is 0 Å². The minimum absolute atomic E-state index is 0.337. The van der Waals surface area contributed by atoms with Gasteiger partial charge >= 0.3 is 0 Å². The van der Waals surface area contributed by atoms with Crippen molar-refractivity contribution < 1.29 is 9.84 Å². The SMILES string of the molecule is CCCC1OC1CCCCCO. The van der Waals surface area contributed by atoms with Crippen molar-refractivity contribution in [2.24, 2.45) is 0 Å². The van der Waals surface area contributed by atoms with Gasteiger partial charge in [-0.2, -0.15) is 0 Å². The number of epoxide rings is 1. The average molecular weight is 172 g/mol. The molecule has 0 aliphatic carbocycles. The summed E-state index contributed by atoms with van der Waals surface area (Å²) in [6, 6.07) is 0. The highest BCUT2D eigenvalue weighted by molar-refractivity contribution is 4.83. The van der Waals surface area contributed by atoms with Crippen LogP contribution in [0.4, 0.5) is 0 Å². The summed E-state index contributed by atoms with van der Waals surface area (Å²) in [5, 5.41) is 8.55. The van der Waals surface area contributed by atoms with Gasteiger partial charge in [0.25, 0.3) is 0 Å². The van der Waals surface area contributed by atoms with E-state index in [0.717, 1.165) is 12.8 Å². The van der Waals surface area contributed by atoms with Gasteiger partial charge < -0.3 is 9.84 Å². The molecule has 2 unspecified atom stereocenters. The second-order valence-electron chi connectivity index (χ2n) is 3.57. The van der Waals surface area contributed by atoms with E-state index in [2.05, 4.69) is 6.92 Å². The van der Waals surface area contributed by atoms with Crippen LogP contribution >= 0.6 is 0 Å². The van der Waals surface area contributed by atoms with Crippen LogP contribution in [0.1, 0.15) is 45.4 Å². The second-order valence-corrected chi connectivity index (χ2v) is 3.57. The molecule has 1 fully saturated rings. The Morgan fingerprint density at radius 2 is 1.83 bits per heavy atom. The lowest BCUT2D eigenvalue weighted by Gasteiger charge is -1.95. The molecule has 1 N–H and O–H groups in total. The molecular weight excluding hydrogens is 152 g/mol. The highest BCUT2D eigenvalue weighted by Gasteiger charge is 2.36. The first-order valence-electron chi connectivity index (χ1n) is 5.14. The molecule has 12 heavy (non-hydrogen) atoms. The third-order valence-corrected chi connectivity index (χ3v) is 2.41. The predicted molar refractivity (Wildman–Crippen MR) is 49.1 cm³/mol. The van der Waals surface area contributed by atoms with E-state index in [0.29, 0.717) is 18.8 Å². The van der Waals surface area contributed by atoms with Crippen molar-refractivity contribution in [2.45, 2.75) is 57.7 Å². The van der Waals surface area contributed by atoms with Gasteiger partial charge in [0, 0.05) is 6.61 Å². The molecule has 0 bridgehead atoms. The molecule has 0 radical (unpaired) electrons. The molecule has 0 aromatic carbocycles. The molecule has 1 aliphatic heterocycles. The molecule has 2 atom stereocenters. The van der Waals surface area contributed by atoms with E-state index in [9.17, 15) is 0 Å². The van der Waals surface area contributed by atoms with E-state index in [1.165, 1.54) is 25.7 Å². The van der Waals surface area contributed by atoms with Gasteiger partial charge in [0.2, 0.25) is 0 Å². The number of hydrogen-bond acceptors (Lipinski definition) is 2. The lowest BCUT2D eigenvalue weighted by Crippen LogP contribution is -1.94. The largest absolute Gasteiger partial charge is 0.396 e. The minimum atomic E-state index is 0.337. The smallest absolute Gasteiger partial charge is 0.0841 e. The maximum atomic E-state index is 8.55. The fourth-order valence-corrected chi connectivity index (χ4v) is 1.61. The normalized spacial score (nSPS) is 27.5. The highest BCUT2D eigenvalue weighted by Crippen LogP contribution is 2.30. The number of unbranched alkanes of at least 4 members (excludes halogenated alkanes) is 2. The van der Waals surface area contributed by atoms with Crippen LogP contribution in [0.5, 0.6) is 0 Å². The summed E-state index contributed by atoms with van der Waals surface area (Å²) in [6.07, 6.45) is 8.10. The zero-order chi connectivity index (χ0) is 8.81. The van der Waals surface area contributed by atoms with Crippen LogP contribution in [0.2, 0.25) is 0 Å². The summed E-state index contributed by atoms with van der Waals surface area (Å²) in [4.78, 5) is 0. The van der Waals surface area contributed by atoms with Crippen molar-refractivity contribution in [2.75, 3.05) is 6.61 Å². The first-order valence-corrected chi connectivity index (χ1v) is 5.14. The summed E-state index contributed by atoms with van der Waals surface area (Å²) < 4.78 is 5.48. The van der Waals surface area contributed by atoms with Crippen LogP contribution in [0.3, 0.4) is 0 Å². The Balaban J connectivity index is 1.83. The van der Waals surface area contributed by atoms with Gasteiger partial charge in [-0.15, -0.1) is 0 Å². The molecule has 1 saturated heterocycles. The van der Waals surface area contributed by atoms with Gasteiger partial charge in [-0.1, -0.05) is 26.2 Å². The van der Waals surface area contributed by atoms with Crippen LogP contribution in [-0.2, 0) is 4.74 Å². The molecule has 72 valence electrons. The number of aliphatic hydroxyl groups is 1. The van der Waals surface area contributed by atoms with Crippen LogP contribution in [0.15, 0.2) is 0 Å². The molecule has 0 saturated carbocycles. The molecule has 0 spiro atoms. The Hall–Kier alpha value is -0.0800. The summed E-state index contributed by atoms with van der Waals surface area (Å²) in [6.45, 7) is 2.54. The lowest BCUT2D eigenvalue weighted by molar-refractivity contribution is 0.280. The van der Waals surface area contributed by atoms with Crippen molar-refractivity contribution in [3.05, 3.63) is 0 Å². The predicted octanol–water partition coefficient (Wildman–Crippen LogP) is 2.11. The van der Waals surface area contributed by atoms with Gasteiger partial charge in [-0.05, 0) is 19.3 Å². The maximum Gasteiger partial charge on any atom is 0.0841 e. The average Bonchev–Trinajstić information content (AvgIpc) is 2.79. The summed E-state index contributed by atoms with van der Waals surface area (Å²) in [5.74, 6) is 0. The third-order valence-electron chi connectivity index (χ3n) is 2.41. The Kier molecular flexibility index (Phi) is 4.62. The standard InChI is InChI=1S/C10H20O2/c1-2-6-9-10(12-9)7-4-3-5-8-11/h9-11H,2-8H2,1H3. The fraction of sp³-hybridized carbons (Fsp3) is 1.00. The van der Waals surface area contributed by atoms with E-state index in [1.54, 1.807) is 0 Å². The van der Waals surface area contributed by atoms with Gasteiger partial charge in [0.1, 0.15) is 0 Å². The maximum absolute atomic E-state index is 8.55. The summed E-state index contributed by atoms with van der Waals surface area (Å²) in [5.41, 5.74) is 0. The zero-order valence-electron chi connectivity index (χ0n) is 7.96. The summed E-state index contributed by atoms with van der Waals surface area (Å²) in [7, 11) is 0. The first-order chi connectivity index (χ1) is 5.88. The van der Waals surface area contributed by atoms with Crippen LogP contribution in [0.25, 0.3) is 0 Å². The Labute approximate surface area is 74.9 Å². The van der Waals surface area contributed by atoms with E-state index in [4.69, 9.17) is 9.84 Å². The van der Waals surface area contributed by atoms with Gasteiger partial charge in [0.15, 0.2) is 0 Å². The highest BCUT2D eigenvalue weighted by atomic mass is 16.6. The van der Waals surface area contributed by atoms with Gasteiger partial charge in [0.05, 0.1) is 12.2 Å². The second kappa shape index (κ2) is 5.55. The Bertz CT molecular complexity index is 114. The van der Waals surface area contributed by atoms with Crippen molar-refractivity contribution in [3.63, 3.8) is 0 Å². The number of ether oxygens (including phenoxy) is 1. The van der Waals surface area contributed by atoms with Crippen molar-refractivity contribution in [3.8, 4) is 0 Å². The zero-order valence-corrected chi connectivity index (χ0v) is 7.96. The quantitative estimate of drug-likeness (QED) is 0.471. The van der Waals surface area contributed by atoms with Gasteiger partial charge in [-0.25, -0.2) is 0 Å². The van der Waals surface area contributed by atoms with Gasteiger partial charge in [-0.3, -0.25) is 0 Å². The summed E-state index contributed by atoms with van der Waals surface area (Å²) >= 11 is 0. The molecular formula is C10H20O2. The molecule has 2 heteroatoms. The van der Waals surface area contributed by atoms with Crippen molar-refractivity contribution in [1.82, 2.24) is 0 Å². The van der Waals surface area contributed by atoms with Crippen molar-refractivity contribution in [1.29, 1.82) is 0 Å². The third kappa shape index (κ3) is 3.55. The van der Waals surface area contributed by atoms with Crippen LogP contribution < -0.4 is 0 Å². The molecule has 0 aromatic rings. The number of hydrogen-bond donors (Lipinski definition) is 1. The molecule has 1 rings (SSSR count). The molecule has 2 nitrogen and oxygen atoms in total. The molecule has 1 heterocycles. The van der Waals surface area contributed by atoms with E-state index < -0.39 is 0 Å². The van der Waals surface area contributed by atoms with E-state index in [1.807, 2.05) is 0 Å². The number of aliphatic hydroxyl groups excluding tert-OH is 1. The van der Waals surface area contributed by atoms with Crippen LogP contribution in [0, 0.1) is 0 Å². The Morgan fingerprint density at radius 3 is 2.50 bits per heavy atom. The van der Waals surface area contributed by atoms with E-state index >= 15 is 0 Å². The monoisotopic (exact) mass is 172 g/mol. The minimum Gasteiger partial charge on any atom is -0.396 e. The topological polar surface area (TPSA) is 32.8 Å². The van der Waals surface area contributed by atoms with Crippen LogP contribution in [-0.4, -0.2) is 23.9 Å². The fourth-order valence-electron chi connectivity index (χ4n) is 1.61. The number of rotatable bonds is 7. The first kappa shape index (κ1) is 10.0. The lowest BCUT2D eigenvalue weighted by atomic mass is 10.1. The molecule has 1 aliphatic rings. The molecule has 0 amide bonds. The van der Waals surface area contributed by atoms with E-state index in [-0.39, 0.29) is 0 Å². The Morgan fingerprint density at radius 1 is 1.08 bits per heavy atom. The molecule has 0 aromatic heterocycles.